The molecule has 3 heterocycles. The van der Waals surface area contributed by atoms with E-state index >= 15 is 0 Å². The van der Waals surface area contributed by atoms with Gasteiger partial charge in [0.15, 0.2) is 5.75 Å². The third-order valence-electron chi connectivity index (χ3n) is 4.85. The lowest BCUT2D eigenvalue weighted by Gasteiger charge is -2.30. The number of pyridine rings is 1. The van der Waals surface area contributed by atoms with Crippen LogP contribution in [-0.2, 0) is 0 Å². The molecule has 1 aliphatic heterocycles. The fourth-order valence-electron chi connectivity index (χ4n) is 3.22. The molecule has 0 unspecified atom stereocenters. The average Bonchev–Trinajstić information content (AvgIpc) is 3.20. The topological polar surface area (TPSA) is 73.1 Å². The number of halogens is 2. The summed E-state index contributed by atoms with van der Waals surface area (Å²) in [5, 5.41) is 8.88. The lowest BCUT2D eigenvalue weighted by molar-refractivity contribution is 0.127. The minimum Gasteiger partial charge on any atom is -0.408 e. The molecule has 2 aromatic heterocycles. The molecule has 9 heteroatoms. The summed E-state index contributed by atoms with van der Waals surface area (Å²) in [5.74, 6) is 0.198. The van der Waals surface area contributed by atoms with Gasteiger partial charge in [0.05, 0.1) is 17.9 Å². The molecule has 1 amide bonds. The van der Waals surface area contributed by atoms with Crippen LogP contribution in [0.1, 0.15) is 24.6 Å². The first-order valence-corrected chi connectivity index (χ1v) is 9.16. The smallest absolute Gasteiger partial charge is 0.408 e. The summed E-state index contributed by atoms with van der Waals surface area (Å²) in [4.78, 5) is 19.9. The van der Waals surface area contributed by atoms with Gasteiger partial charge in [-0.1, -0.05) is 0 Å². The summed E-state index contributed by atoms with van der Waals surface area (Å²) in [6.45, 7) is 2.93. The van der Waals surface area contributed by atoms with Gasteiger partial charge in [-0.15, -0.1) is 12.4 Å². The normalized spacial score (nSPS) is 14.3. The van der Waals surface area contributed by atoms with Gasteiger partial charge < -0.3 is 9.64 Å². The van der Waals surface area contributed by atoms with E-state index in [-0.39, 0.29) is 30.4 Å². The average molecular weight is 418 g/mol. The summed E-state index contributed by atoms with van der Waals surface area (Å²) < 4.78 is 18.5. The standard InChI is InChI=1S/C20H20FN5O2.ClH/c1-14-19(3-2-10-22-14)28-20(27)25-11-8-17(9-12-25)26-23-13-18(24-26)15-4-6-16(21)7-5-15;/h2-7,10,13,17H,8-9,11-12H2,1H3;1H. The van der Waals surface area contributed by atoms with E-state index < -0.39 is 0 Å². The zero-order valence-electron chi connectivity index (χ0n) is 15.9. The first-order valence-electron chi connectivity index (χ1n) is 9.16. The Labute approximate surface area is 173 Å². The van der Waals surface area contributed by atoms with Crippen molar-refractivity contribution in [2.75, 3.05) is 13.1 Å². The zero-order chi connectivity index (χ0) is 19.5. The van der Waals surface area contributed by atoms with Crippen molar-refractivity contribution in [1.82, 2.24) is 24.9 Å². The predicted octanol–water partition coefficient (Wildman–Crippen LogP) is 4.05. The molecule has 152 valence electrons. The first-order chi connectivity index (χ1) is 13.6. The minimum absolute atomic E-state index is 0. The summed E-state index contributed by atoms with van der Waals surface area (Å²) >= 11 is 0. The maximum absolute atomic E-state index is 13.1. The largest absolute Gasteiger partial charge is 0.415 e. The Morgan fingerprint density at radius 3 is 2.59 bits per heavy atom. The first kappa shape index (κ1) is 20.7. The Morgan fingerprint density at radius 1 is 1.17 bits per heavy atom. The van der Waals surface area contributed by atoms with Crippen molar-refractivity contribution >= 4 is 18.5 Å². The second-order valence-electron chi connectivity index (χ2n) is 6.73. The van der Waals surface area contributed by atoms with Crippen molar-refractivity contribution < 1.29 is 13.9 Å². The lowest BCUT2D eigenvalue weighted by atomic mass is 10.1. The van der Waals surface area contributed by atoms with Gasteiger partial charge in [-0.05, 0) is 56.2 Å². The van der Waals surface area contributed by atoms with Crippen molar-refractivity contribution in [2.45, 2.75) is 25.8 Å². The van der Waals surface area contributed by atoms with Crippen LogP contribution in [0.2, 0.25) is 0 Å². The van der Waals surface area contributed by atoms with E-state index in [2.05, 4.69) is 15.2 Å². The van der Waals surface area contributed by atoms with Crippen molar-refractivity contribution in [1.29, 1.82) is 0 Å². The Morgan fingerprint density at radius 2 is 1.90 bits per heavy atom. The number of amides is 1. The van der Waals surface area contributed by atoms with E-state index in [0.717, 1.165) is 18.4 Å². The molecule has 29 heavy (non-hydrogen) atoms. The third kappa shape index (κ3) is 4.71. The summed E-state index contributed by atoms with van der Waals surface area (Å²) in [6.07, 6.45) is 4.45. The van der Waals surface area contributed by atoms with E-state index in [4.69, 9.17) is 4.74 Å². The molecule has 7 nitrogen and oxygen atoms in total. The number of hydrogen-bond donors (Lipinski definition) is 0. The van der Waals surface area contributed by atoms with Gasteiger partial charge >= 0.3 is 6.09 Å². The van der Waals surface area contributed by atoms with E-state index in [1.165, 1.54) is 12.1 Å². The van der Waals surface area contributed by atoms with Crippen LogP contribution in [0.3, 0.4) is 0 Å². The fourth-order valence-corrected chi connectivity index (χ4v) is 3.22. The van der Waals surface area contributed by atoms with Gasteiger partial charge in [0.25, 0.3) is 0 Å². The van der Waals surface area contributed by atoms with Crippen molar-refractivity contribution in [2.24, 2.45) is 0 Å². The monoisotopic (exact) mass is 417 g/mol. The van der Waals surface area contributed by atoms with Crippen molar-refractivity contribution in [3.8, 4) is 17.0 Å². The predicted molar refractivity (Wildman–Crippen MR) is 108 cm³/mol. The summed E-state index contributed by atoms with van der Waals surface area (Å²) in [7, 11) is 0. The molecule has 1 saturated heterocycles. The highest BCUT2D eigenvalue weighted by Crippen LogP contribution is 2.24. The zero-order valence-corrected chi connectivity index (χ0v) is 16.7. The van der Waals surface area contributed by atoms with E-state index in [1.54, 1.807) is 53.3 Å². The molecule has 0 saturated carbocycles. The second-order valence-corrected chi connectivity index (χ2v) is 6.73. The third-order valence-corrected chi connectivity index (χ3v) is 4.85. The van der Waals surface area contributed by atoms with Crippen LogP contribution in [0, 0.1) is 12.7 Å². The van der Waals surface area contributed by atoms with Gasteiger partial charge in [0, 0.05) is 24.8 Å². The van der Waals surface area contributed by atoms with Gasteiger partial charge in [-0.25, -0.2) is 9.18 Å². The molecule has 1 fully saturated rings. The van der Waals surface area contributed by atoms with Crippen LogP contribution in [0.25, 0.3) is 11.3 Å². The second kappa shape index (κ2) is 9.00. The number of benzene rings is 1. The number of piperidine rings is 1. The van der Waals surface area contributed by atoms with Gasteiger partial charge in [-0.3, -0.25) is 4.98 Å². The molecule has 0 aliphatic carbocycles. The number of rotatable bonds is 3. The SMILES string of the molecule is Cc1ncccc1OC(=O)N1CCC(n2ncc(-c3ccc(F)cc3)n2)CC1.Cl. The Balaban J connectivity index is 0.00000240. The van der Waals surface area contributed by atoms with Crippen LogP contribution in [-0.4, -0.2) is 44.1 Å². The highest BCUT2D eigenvalue weighted by Gasteiger charge is 2.26. The summed E-state index contributed by atoms with van der Waals surface area (Å²) in [6, 6.07) is 9.76. The lowest BCUT2D eigenvalue weighted by Crippen LogP contribution is -2.41. The molecule has 1 aromatic carbocycles. The number of aromatic nitrogens is 4. The van der Waals surface area contributed by atoms with Crippen LogP contribution in [0.4, 0.5) is 9.18 Å². The van der Waals surface area contributed by atoms with Crippen molar-refractivity contribution in [3.63, 3.8) is 0 Å². The minimum atomic E-state index is -0.366. The van der Waals surface area contributed by atoms with E-state index in [9.17, 15) is 9.18 Å². The molecule has 0 atom stereocenters. The maximum atomic E-state index is 13.1. The fraction of sp³-hybridized carbons (Fsp3) is 0.300. The van der Waals surface area contributed by atoms with Crippen LogP contribution in [0.15, 0.2) is 48.8 Å². The molecule has 0 N–H and O–H groups in total. The number of nitrogens with zero attached hydrogens (tertiary/aromatic N) is 5. The van der Waals surface area contributed by atoms with Gasteiger partial charge in [0.1, 0.15) is 11.5 Å². The molecule has 4 rings (SSSR count). The van der Waals surface area contributed by atoms with Crippen LogP contribution < -0.4 is 4.74 Å². The number of carbonyl (C=O) groups excluding carboxylic acids is 1. The number of aryl methyl sites for hydroxylation is 1. The van der Waals surface area contributed by atoms with Crippen LogP contribution >= 0.6 is 12.4 Å². The number of carbonyl (C=O) groups is 1. The Bertz CT molecular complexity index is 971. The molecular weight excluding hydrogens is 397 g/mol. The van der Waals surface area contributed by atoms with Crippen molar-refractivity contribution in [3.05, 3.63) is 60.3 Å². The molecule has 1 aliphatic rings. The molecule has 3 aromatic rings. The molecule has 0 radical (unpaired) electrons. The Kier molecular flexibility index (Phi) is 6.43. The maximum Gasteiger partial charge on any atom is 0.415 e. The molecule has 0 spiro atoms. The summed E-state index contributed by atoms with van der Waals surface area (Å²) in [5.41, 5.74) is 2.20. The highest BCUT2D eigenvalue weighted by atomic mass is 35.5. The van der Waals surface area contributed by atoms with Gasteiger partial charge in [0.2, 0.25) is 0 Å². The Hall–Kier alpha value is -3.00. The van der Waals surface area contributed by atoms with E-state index in [0.29, 0.717) is 30.2 Å². The molecule has 0 bridgehead atoms. The van der Waals surface area contributed by atoms with Crippen LogP contribution in [0.5, 0.6) is 5.75 Å². The molecular formula is C20H21ClFN5O2. The number of hydrogen-bond acceptors (Lipinski definition) is 5. The number of likely N-dealkylation sites (tertiary alicyclic amines) is 1. The van der Waals surface area contributed by atoms with Gasteiger partial charge in [-0.2, -0.15) is 15.0 Å². The highest BCUT2D eigenvalue weighted by molar-refractivity contribution is 5.85. The number of ether oxygens (including phenoxy) is 1. The van der Waals surface area contributed by atoms with E-state index in [1.807, 2.05) is 0 Å². The quantitative estimate of drug-likeness (QED) is 0.642.